The third-order valence-corrected chi connectivity index (χ3v) is 5.14. The zero-order chi connectivity index (χ0) is 19.9. The number of carbonyl (C=O) groups is 1. The van der Waals surface area contributed by atoms with Crippen molar-refractivity contribution in [1.29, 1.82) is 0 Å². The molecule has 0 radical (unpaired) electrons. The van der Waals surface area contributed by atoms with Gasteiger partial charge < -0.3 is 14.1 Å². The first-order valence-electron chi connectivity index (χ1n) is 9.31. The van der Waals surface area contributed by atoms with Crippen molar-refractivity contribution in [1.82, 2.24) is 19.7 Å². The van der Waals surface area contributed by atoms with E-state index in [9.17, 15) is 4.79 Å². The van der Waals surface area contributed by atoms with Gasteiger partial charge in [0.15, 0.2) is 10.9 Å². The van der Waals surface area contributed by atoms with Crippen molar-refractivity contribution in [2.45, 2.75) is 25.9 Å². The maximum atomic E-state index is 12.4. The van der Waals surface area contributed by atoms with Crippen LogP contribution in [0.1, 0.15) is 20.8 Å². The van der Waals surface area contributed by atoms with Crippen molar-refractivity contribution in [2.75, 3.05) is 25.4 Å². The Kier molecular flexibility index (Phi) is 6.76. The van der Waals surface area contributed by atoms with Crippen LogP contribution in [0, 0.1) is 0 Å². The van der Waals surface area contributed by atoms with Gasteiger partial charge in [-0.05, 0) is 57.2 Å². The van der Waals surface area contributed by atoms with Crippen LogP contribution in [-0.4, -0.2) is 51.0 Å². The number of carbonyl (C=O) groups excluding carboxylic acids is 1. The fourth-order valence-corrected chi connectivity index (χ4v) is 3.67. The van der Waals surface area contributed by atoms with Crippen molar-refractivity contribution in [2.24, 2.45) is 0 Å². The van der Waals surface area contributed by atoms with E-state index in [-0.39, 0.29) is 5.91 Å². The van der Waals surface area contributed by atoms with E-state index >= 15 is 0 Å². The van der Waals surface area contributed by atoms with Crippen LogP contribution in [0.5, 0.6) is 5.75 Å². The number of furan rings is 1. The standard InChI is InChI=1S/C20H24N4O3S/c1-4-23(5-2)18(25)14-28-20-22-21-19(17-8-7-13-27-17)24(20)15-9-11-16(12-10-15)26-6-3/h7-13H,4-6,14H2,1-3H3. The Morgan fingerprint density at radius 2 is 1.89 bits per heavy atom. The van der Waals surface area contributed by atoms with Gasteiger partial charge >= 0.3 is 0 Å². The van der Waals surface area contributed by atoms with Gasteiger partial charge in [0.05, 0.1) is 24.3 Å². The normalized spacial score (nSPS) is 10.8. The van der Waals surface area contributed by atoms with Gasteiger partial charge in [0.2, 0.25) is 11.7 Å². The van der Waals surface area contributed by atoms with E-state index in [0.29, 0.717) is 42.2 Å². The van der Waals surface area contributed by atoms with Crippen LogP contribution in [0.2, 0.25) is 0 Å². The molecule has 0 atom stereocenters. The minimum Gasteiger partial charge on any atom is -0.494 e. The number of hydrogen-bond acceptors (Lipinski definition) is 6. The second kappa shape index (κ2) is 9.45. The molecule has 8 heteroatoms. The lowest BCUT2D eigenvalue weighted by molar-refractivity contribution is -0.127. The van der Waals surface area contributed by atoms with E-state index in [4.69, 9.17) is 9.15 Å². The first-order valence-corrected chi connectivity index (χ1v) is 10.3. The van der Waals surface area contributed by atoms with E-state index in [1.165, 1.54) is 11.8 Å². The Morgan fingerprint density at radius 1 is 1.14 bits per heavy atom. The predicted molar refractivity (Wildman–Crippen MR) is 109 cm³/mol. The predicted octanol–water partition coefficient (Wildman–Crippen LogP) is 3.89. The summed E-state index contributed by atoms with van der Waals surface area (Å²) in [4.78, 5) is 14.2. The third-order valence-electron chi connectivity index (χ3n) is 4.22. The van der Waals surface area contributed by atoms with Gasteiger partial charge in [-0.15, -0.1) is 10.2 Å². The van der Waals surface area contributed by atoms with Gasteiger partial charge in [-0.2, -0.15) is 0 Å². The van der Waals surface area contributed by atoms with Gasteiger partial charge in [-0.25, -0.2) is 0 Å². The van der Waals surface area contributed by atoms with Crippen LogP contribution in [0.15, 0.2) is 52.2 Å². The number of hydrogen-bond donors (Lipinski definition) is 0. The molecule has 1 aromatic carbocycles. The summed E-state index contributed by atoms with van der Waals surface area (Å²) < 4.78 is 12.9. The van der Waals surface area contributed by atoms with Crippen molar-refractivity contribution < 1.29 is 13.9 Å². The highest BCUT2D eigenvalue weighted by Gasteiger charge is 2.20. The molecule has 3 aromatic rings. The monoisotopic (exact) mass is 400 g/mol. The smallest absolute Gasteiger partial charge is 0.233 e. The van der Waals surface area contributed by atoms with Crippen LogP contribution in [-0.2, 0) is 4.79 Å². The Hall–Kier alpha value is -2.74. The second-order valence-electron chi connectivity index (χ2n) is 5.90. The Labute approximate surface area is 168 Å². The molecular weight excluding hydrogens is 376 g/mol. The molecule has 0 unspecified atom stereocenters. The number of rotatable bonds is 9. The summed E-state index contributed by atoms with van der Waals surface area (Å²) in [7, 11) is 0. The molecule has 0 saturated carbocycles. The number of thioether (sulfide) groups is 1. The van der Waals surface area contributed by atoms with E-state index in [2.05, 4.69) is 10.2 Å². The molecule has 0 aliphatic heterocycles. The highest BCUT2D eigenvalue weighted by molar-refractivity contribution is 7.99. The SMILES string of the molecule is CCOc1ccc(-n2c(SCC(=O)N(CC)CC)nnc2-c2ccco2)cc1. The van der Waals surface area contributed by atoms with Crippen molar-refractivity contribution in [3.05, 3.63) is 42.7 Å². The number of benzene rings is 1. The molecule has 0 spiro atoms. The molecule has 7 nitrogen and oxygen atoms in total. The van der Waals surface area contributed by atoms with Crippen LogP contribution in [0.25, 0.3) is 17.3 Å². The highest BCUT2D eigenvalue weighted by atomic mass is 32.2. The molecule has 0 fully saturated rings. The molecule has 3 rings (SSSR count). The fraction of sp³-hybridized carbons (Fsp3) is 0.350. The van der Waals surface area contributed by atoms with Gasteiger partial charge in [0, 0.05) is 13.1 Å². The van der Waals surface area contributed by atoms with Crippen LogP contribution in [0.3, 0.4) is 0 Å². The lowest BCUT2D eigenvalue weighted by Crippen LogP contribution is -2.31. The van der Waals surface area contributed by atoms with Crippen molar-refractivity contribution in [3.63, 3.8) is 0 Å². The second-order valence-corrected chi connectivity index (χ2v) is 6.84. The summed E-state index contributed by atoms with van der Waals surface area (Å²) in [6, 6.07) is 11.3. The average molecular weight is 401 g/mol. The summed E-state index contributed by atoms with van der Waals surface area (Å²) in [5.41, 5.74) is 0.873. The van der Waals surface area contributed by atoms with Crippen molar-refractivity contribution >= 4 is 17.7 Å². The molecule has 2 aromatic heterocycles. The summed E-state index contributed by atoms with van der Waals surface area (Å²) >= 11 is 1.37. The number of nitrogens with zero attached hydrogens (tertiary/aromatic N) is 4. The topological polar surface area (TPSA) is 73.4 Å². The Bertz CT molecular complexity index is 887. The van der Waals surface area contributed by atoms with Crippen LogP contribution >= 0.6 is 11.8 Å². The number of amides is 1. The fourth-order valence-electron chi connectivity index (χ4n) is 2.81. The molecule has 0 aliphatic carbocycles. The molecule has 0 aliphatic rings. The first-order chi connectivity index (χ1) is 13.7. The largest absolute Gasteiger partial charge is 0.494 e. The molecular formula is C20H24N4O3S. The summed E-state index contributed by atoms with van der Waals surface area (Å²) in [5.74, 6) is 2.38. The molecule has 148 valence electrons. The summed E-state index contributed by atoms with van der Waals surface area (Å²) in [5, 5.41) is 9.24. The molecule has 2 heterocycles. The van der Waals surface area contributed by atoms with Crippen LogP contribution in [0.4, 0.5) is 0 Å². The van der Waals surface area contributed by atoms with Gasteiger partial charge in [-0.1, -0.05) is 11.8 Å². The van der Waals surface area contributed by atoms with E-state index in [0.717, 1.165) is 11.4 Å². The molecule has 0 saturated heterocycles. The first kappa shape index (κ1) is 20.0. The van der Waals surface area contributed by atoms with E-state index in [1.54, 1.807) is 11.2 Å². The van der Waals surface area contributed by atoms with E-state index in [1.807, 2.05) is 61.7 Å². The minimum atomic E-state index is 0.0794. The summed E-state index contributed by atoms with van der Waals surface area (Å²) in [6.45, 7) is 7.90. The molecule has 1 amide bonds. The number of ether oxygens (including phenoxy) is 1. The van der Waals surface area contributed by atoms with Crippen molar-refractivity contribution in [3.8, 4) is 23.0 Å². The lowest BCUT2D eigenvalue weighted by atomic mass is 10.3. The maximum absolute atomic E-state index is 12.4. The third kappa shape index (κ3) is 4.39. The minimum absolute atomic E-state index is 0.0794. The molecule has 0 bridgehead atoms. The maximum Gasteiger partial charge on any atom is 0.233 e. The Morgan fingerprint density at radius 3 is 2.50 bits per heavy atom. The average Bonchev–Trinajstić information content (AvgIpc) is 3.38. The quantitative estimate of drug-likeness (QED) is 0.508. The van der Waals surface area contributed by atoms with Gasteiger partial charge in [0.25, 0.3) is 0 Å². The van der Waals surface area contributed by atoms with Gasteiger partial charge in [-0.3, -0.25) is 9.36 Å². The Balaban J connectivity index is 1.91. The number of aromatic nitrogens is 3. The van der Waals surface area contributed by atoms with E-state index < -0.39 is 0 Å². The van der Waals surface area contributed by atoms with Crippen LogP contribution < -0.4 is 4.74 Å². The molecule has 28 heavy (non-hydrogen) atoms. The lowest BCUT2D eigenvalue weighted by Gasteiger charge is -2.18. The zero-order valence-electron chi connectivity index (χ0n) is 16.3. The zero-order valence-corrected chi connectivity index (χ0v) is 17.1. The van der Waals surface area contributed by atoms with Gasteiger partial charge in [0.1, 0.15) is 5.75 Å². The highest BCUT2D eigenvalue weighted by Crippen LogP contribution is 2.29. The molecule has 0 N–H and O–H groups in total. The summed E-state index contributed by atoms with van der Waals surface area (Å²) in [6.07, 6.45) is 1.60.